The van der Waals surface area contributed by atoms with Gasteiger partial charge >= 0.3 is 5.97 Å². The zero-order valence-corrected chi connectivity index (χ0v) is 13.5. The average molecular weight is 298 g/mol. The molecule has 1 amide bonds. The third-order valence-corrected chi connectivity index (χ3v) is 4.14. The summed E-state index contributed by atoms with van der Waals surface area (Å²) in [6, 6.07) is -1.00. The topological polar surface area (TPSA) is 70.5 Å². The van der Waals surface area contributed by atoms with Gasteiger partial charge in [-0.3, -0.25) is 4.79 Å². The highest BCUT2D eigenvalue weighted by molar-refractivity contribution is 7.09. The Hall–Kier alpha value is -1.43. The van der Waals surface area contributed by atoms with Crippen LogP contribution in [0.5, 0.6) is 0 Å². The summed E-state index contributed by atoms with van der Waals surface area (Å²) in [7, 11) is 0. The molecule has 5 nitrogen and oxygen atoms in total. The Morgan fingerprint density at radius 1 is 1.45 bits per heavy atom. The lowest BCUT2D eigenvalue weighted by Crippen LogP contribution is -2.38. The van der Waals surface area contributed by atoms with Crippen molar-refractivity contribution in [2.45, 2.75) is 52.5 Å². The Labute approximate surface area is 123 Å². The molecule has 6 heteroatoms. The number of nitrogens with zero attached hydrogens (tertiary/aromatic N) is 2. The molecule has 1 N–H and O–H groups in total. The van der Waals surface area contributed by atoms with Crippen LogP contribution in [0, 0.1) is 0 Å². The number of hydrogen-bond donors (Lipinski definition) is 1. The molecular weight excluding hydrogens is 276 g/mol. The number of aromatic nitrogens is 1. The van der Waals surface area contributed by atoms with Crippen LogP contribution in [-0.2, 0) is 15.0 Å². The molecule has 112 valence electrons. The predicted octanol–water partition coefficient (Wildman–Crippen LogP) is 2.82. The van der Waals surface area contributed by atoms with Gasteiger partial charge in [0.25, 0.3) is 0 Å². The molecule has 1 aromatic rings. The minimum absolute atomic E-state index is 0.127. The molecule has 0 fully saturated rings. The smallest absolute Gasteiger partial charge is 0.332 e. The zero-order valence-electron chi connectivity index (χ0n) is 12.6. The molecule has 0 aliphatic rings. The molecule has 0 saturated carbocycles. The fourth-order valence-corrected chi connectivity index (χ4v) is 2.81. The highest BCUT2D eigenvalue weighted by Gasteiger charge is 2.32. The van der Waals surface area contributed by atoms with E-state index in [2.05, 4.69) is 4.98 Å². The van der Waals surface area contributed by atoms with Gasteiger partial charge in [-0.2, -0.15) is 0 Å². The van der Waals surface area contributed by atoms with Gasteiger partial charge in [-0.1, -0.05) is 27.7 Å². The lowest BCUT2D eigenvalue weighted by atomic mass is 9.98. The van der Waals surface area contributed by atoms with Gasteiger partial charge in [-0.15, -0.1) is 11.3 Å². The normalized spacial score (nSPS) is 13.1. The maximum Gasteiger partial charge on any atom is 0.332 e. The van der Waals surface area contributed by atoms with E-state index >= 15 is 0 Å². The molecule has 0 aliphatic heterocycles. The fourth-order valence-electron chi connectivity index (χ4n) is 1.88. The lowest BCUT2D eigenvalue weighted by Gasteiger charge is -2.26. The number of carboxylic acid groups (broad SMARTS) is 1. The third kappa shape index (κ3) is 3.79. The SMILES string of the molecule is CCCN(C(C)=O)C(C(=O)O)c1csc(C(C)(C)C)n1. The molecule has 1 aromatic heterocycles. The molecule has 1 rings (SSSR count). The van der Waals surface area contributed by atoms with E-state index < -0.39 is 12.0 Å². The molecule has 0 aromatic carbocycles. The standard InChI is InChI=1S/C14H22N2O3S/c1-6-7-16(9(2)17)11(12(18)19)10-8-20-13(15-10)14(3,4)5/h8,11H,6-7H2,1-5H3,(H,18,19). The van der Waals surface area contributed by atoms with Crippen molar-refractivity contribution in [2.24, 2.45) is 0 Å². The summed E-state index contributed by atoms with van der Waals surface area (Å²) in [5.74, 6) is -1.29. The Morgan fingerprint density at radius 3 is 2.40 bits per heavy atom. The van der Waals surface area contributed by atoms with Crippen LogP contribution in [-0.4, -0.2) is 33.4 Å². The minimum atomic E-state index is -1.04. The highest BCUT2D eigenvalue weighted by atomic mass is 32.1. The third-order valence-electron chi connectivity index (χ3n) is 2.86. The first-order valence-electron chi connectivity index (χ1n) is 6.64. The number of carbonyl (C=O) groups is 2. The summed E-state index contributed by atoms with van der Waals surface area (Å²) in [6.45, 7) is 9.80. The first-order valence-corrected chi connectivity index (χ1v) is 7.52. The molecular formula is C14H22N2O3S. The molecule has 0 bridgehead atoms. The van der Waals surface area contributed by atoms with E-state index in [1.807, 2.05) is 27.7 Å². The van der Waals surface area contributed by atoms with E-state index in [1.54, 1.807) is 5.38 Å². The molecule has 20 heavy (non-hydrogen) atoms. The molecule has 0 aliphatic carbocycles. The van der Waals surface area contributed by atoms with Crippen LogP contribution in [0.15, 0.2) is 5.38 Å². The van der Waals surface area contributed by atoms with Gasteiger partial charge in [-0.05, 0) is 6.42 Å². The lowest BCUT2D eigenvalue weighted by molar-refractivity contribution is -0.150. The largest absolute Gasteiger partial charge is 0.479 e. The van der Waals surface area contributed by atoms with Crippen molar-refractivity contribution in [1.29, 1.82) is 0 Å². The Kier molecular flexibility index (Phi) is 5.28. The van der Waals surface area contributed by atoms with Gasteiger partial charge in [0.15, 0.2) is 6.04 Å². The van der Waals surface area contributed by atoms with Crippen LogP contribution < -0.4 is 0 Å². The number of rotatable bonds is 5. The van der Waals surface area contributed by atoms with E-state index in [4.69, 9.17) is 0 Å². The van der Waals surface area contributed by atoms with Gasteiger partial charge in [0.1, 0.15) is 0 Å². The average Bonchev–Trinajstić information content (AvgIpc) is 2.76. The quantitative estimate of drug-likeness (QED) is 0.907. The van der Waals surface area contributed by atoms with Crippen LogP contribution in [0.3, 0.4) is 0 Å². The van der Waals surface area contributed by atoms with E-state index in [9.17, 15) is 14.7 Å². The minimum Gasteiger partial charge on any atom is -0.479 e. The monoisotopic (exact) mass is 298 g/mol. The molecule has 0 spiro atoms. The number of aliphatic carboxylic acids is 1. The van der Waals surface area contributed by atoms with Crippen molar-refractivity contribution in [3.8, 4) is 0 Å². The van der Waals surface area contributed by atoms with Gasteiger partial charge in [0, 0.05) is 24.3 Å². The van der Waals surface area contributed by atoms with Crippen molar-refractivity contribution in [1.82, 2.24) is 9.88 Å². The van der Waals surface area contributed by atoms with Crippen LogP contribution in [0.25, 0.3) is 0 Å². The van der Waals surface area contributed by atoms with Gasteiger partial charge < -0.3 is 10.0 Å². The van der Waals surface area contributed by atoms with Gasteiger partial charge in [0.2, 0.25) is 5.91 Å². The van der Waals surface area contributed by atoms with E-state index in [0.29, 0.717) is 18.7 Å². The summed E-state index contributed by atoms with van der Waals surface area (Å²) >= 11 is 1.44. The summed E-state index contributed by atoms with van der Waals surface area (Å²) in [5, 5.41) is 12.1. The summed E-state index contributed by atoms with van der Waals surface area (Å²) in [4.78, 5) is 29.0. The second kappa shape index (κ2) is 6.35. The van der Waals surface area contributed by atoms with E-state index in [-0.39, 0.29) is 11.3 Å². The number of thiazole rings is 1. The van der Waals surface area contributed by atoms with Crippen molar-refractivity contribution in [3.05, 3.63) is 16.1 Å². The second-order valence-corrected chi connectivity index (χ2v) is 6.64. The fraction of sp³-hybridized carbons (Fsp3) is 0.643. The molecule has 1 atom stereocenters. The molecule has 0 saturated heterocycles. The summed E-state index contributed by atoms with van der Waals surface area (Å²) < 4.78 is 0. The maximum absolute atomic E-state index is 11.7. The van der Waals surface area contributed by atoms with Crippen LogP contribution in [0.1, 0.15) is 57.8 Å². The van der Waals surface area contributed by atoms with Crippen molar-refractivity contribution < 1.29 is 14.7 Å². The Bertz CT molecular complexity index is 491. The summed E-state index contributed by atoms with van der Waals surface area (Å²) in [5.41, 5.74) is 0.314. The van der Waals surface area contributed by atoms with E-state index in [1.165, 1.54) is 23.2 Å². The predicted molar refractivity (Wildman–Crippen MR) is 78.9 cm³/mol. The zero-order chi connectivity index (χ0) is 15.5. The van der Waals surface area contributed by atoms with Crippen molar-refractivity contribution in [3.63, 3.8) is 0 Å². The number of carbonyl (C=O) groups excluding carboxylic acids is 1. The molecule has 1 heterocycles. The number of amides is 1. The van der Waals surface area contributed by atoms with E-state index in [0.717, 1.165) is 5.01 Å². The molecule has 1 unspecified atom stereocenters. The van der Waals surface area contributed by atoms with Crippen LogP contribution in [0.4, 0.5) is 0 Å². The first-order chi connectivity index (χ1) is 9.18. The second-order valence-electron chi connectivity index (χ2n) is 5.78. The van der Waals surface area contributed by atoms with Crippen LogP contribution in [0.2, 0.25) is 0 Å². The number of hydrogen-bond acceptors (Lipinski definition) is 4. The maximum atomic E-state index is 11.7. The Balaban J connectivity index is 3.17. The number of carboxylic acids is 1. The highest BCUT2D eigenvalue weighted by Crippen LogP contribution is 2.30. The molecule has 0 radical (unpaired) electrons. The first kappa shape index (κ1) is 16.6. The Morgan fingerprint density at radius 2 is 2.05 bits per heavy atom. The van der Waals surface area contributed by atoms with Crippen LogP contribution >= 0.6 is 11.3 Å². The summed E-state index contributed by atoms with van der Waals surface area (Å²) in [6.07, 6.45) is 0.708. The van der Waals surface area contributed by atoms with Gasteiger partial charge in [-0.25, -0.2) is 9.78 Å². The van der Waals surface area contributed by atoms with Crippen molar-refractivity contribution in [2.75, 3.05) is 6.54 Å². The van der Waals surface area contributed by atoms with Gasteiger partial charge in [0.05, 0.1) is 10.7 Å². The van der Waals surface area contributed by atoms with Crippen molar-refractivity contribution >= 4 is 23.2 Å².